The molecule has 0 amide bonds. The van der Waals surface area contributed by atoms with Crippen molar-refractivity contribution in [2.45, 2.75) is 32.7 Å². The van der Waals surface area contributed by atoms with E-state index in [4.69, 9.17) is 4.74 Å². The fourth-order valence-corrected chi connectivity index (χ4v) is 3.15. The van der Waals surface area contributed by atoms with E-state index in [0.717, 1.165) is 12.8 Å². The molecule has 22 heavy (non-hydrogen) atoms. The first-order valence-electron chi connectivity index (χ1n) is 7.16. The second-order valence-electron chi connectivity index (χ2n) is 5.42. The fraction of sp³-hybridized carbons (Fsp3) is 0.375. The average Bonchev–Trinajstić information content (AvgIpc) is 3.29. The number of aryl methyl sites for hydroxylation is 1. The summed E-state index contributed by atoms with van der Waals surface area (Å²) in [6.07, 6.45) is 3.51. The number of ether oxygens (including phenoxy) is 1. The Morgan fingerprint density at radius 3 is 2.77 bits per heavy atom. The van der Waals surface area contributed by atoms with Crippen molar-refractivity contribution in [2.75, 3.05) is 6.61 Å². The van der Waals surface area contributed by atoms with E-state index in [-0.39, 0.29) is 29.2 Å². The Bertz CT molecular complexity index is 840. The van der Waals surface area contributed by atoms with Crippen LogP contribution in [0.25, 0.3) is 10.9 Å². The van der Waals surface area contributed by atoms with E-state index < -0.39 is 17.2 Å². The molecule has 6 heteroatoms. The third-order valence-electron chi connectivity index (χ3n) is 3.89. The van der Waals surface area contributed by atoms with Crippen LogP contribution in [0.5, 0.6) is 0 Å². The monoisotopic (exact) mass is 367 g/mol. The van der Waals surface area contributed by atoms with Gasteiger partial charge in [-0.25, -0.2) is 9.18 Å². The molecule has 116 valence electrons. The second-order valence-corrected chi connectivity index (χ2v) is 6.28. The molecule has 4 nitrogen and oxygen atoms in total. The van der Waals surface area contributed by atoms with Crippen molar-refractivity contribution in [3.63, 3.8) is 0 Å². The van der Waals surface area contributed by atoms with E-state index in [1.54, 1.807) is 26.1 Å². The van der Waals surface area contributed by atoms with Crippen molar-refractivity contribution in [1.82, 2.24) is 4.57 Å². The van der Waals surface area contributed by atoms with Gasteiger partial charge in [-0.2, -0.15) is 0 Å². The Labute approximate surface area is 135 Å². The topological polar surface area (TPSA) is 48.3 Å². The van der Waals surface area contributed by atoms with Crippen LogP contribution in [0.2, 0.25) is 0 Å². The number of nitrogens with zero attached hydrogens (tertiary/aromatic N) is 1. The van der Waals surface area contributed by atoms with Gasteiger partial charge in [0.1, 0.15) is 11.4 Å². The Morgan fingerprint density at radius 2 is 2.18 bits per heavy atom. The third-order valence-corrected chi connectivity index (χ3v) is 4.46. The van der Waals surface area contributed by atoms with E-state index in [1.165, 1.54) is 0 Å². The summed E-state index contributed by atoms with van der Waals surface area (Å²) in [5, 5.41) is 0.248. The van der Waals surface area contributed by atoms with E-state index in [2.05, 4.69) is 15.9 Å². The summed E-state index contributed by atoms with van der Waals surface area (Å²) in [4.78, 5) is 24.7. The number of halogens is 2. The first kappa shape index (κ1) is 15.2. The molecule has 1 aromatic carbocycles. The molecule has 0 saturated heterocycles. The van der Waals surface area contributed by atoms with Crippen LogP contribution < -0.4 is 5.43 Å². The molecule has 3 rings (SSSR count). The van der Waals surface area contributed by atoms with Crippen LogP contribution in [0.1, 0.15) is 41.7 Å². The number of aromatic nitrogens is 1. The lowest BCUT2D eigenvalue weighted by molar-refractivity contribution is 0.0524. The van der Waals surface area contributed by atoms with Gasteiger partial charge in [0.05, 0.1) is 22.0 Å². The highest BCUT2D eigenvalue weighted by Crippen LogP contribution is 2.38. The highest BCUT2D eigenvalue weighted by atomic mass is 79.9. The molecule has 0 bridgehead atoms. The van der Waals surface area contributed by atoms with Gasteiger partial charge >= 0.3 is 5.97 Å². The summed E-state index contributed by atoms with van der Waals surface area (Å²) in [6.45, 7) is 3.42. The molecule has 0 radical (unpaired) electrons. The SMILES string of the molecule is CCOC(=O)c1cn(C2CC2)c2cc(Br)c(F)c(C)c2c1=O. The molecule has 0 unspecified atom stereocenters. The van der Waals surface area contributed by atoms with Gasteiger partial charge in [0.15, 0.2) is 0 Å². The van der Waals surface area contributed by atoms with E-state index in [1.807, 2.05) is 4.57 Å². The maximum Gasteiger partial charge on any atom is 0.343 e. The van der Waals surface area contributed by atoms with Gasteiger partial charge in [0, 0.05) is 12.2 Å². The van der Waals surface area contributed by atoms with Crippen LogP contribution in [-0.4, -0.2) is 17.1 Å². The van der Waals surface area contributed by atoms with Crippen molar-refractivity contribution in [1.29, 1.82) is 0 Å². The summed E-state index contributed by atoms with van der Waals surface area (Å²) < 4.78 is 21.3. The number of benzene rings is 1. The predicted molar refractivity (Wildman–Crippen MR) is 84.8 cm³/mol. The normalized spacial score (nSPS) is 14.4. The molecule has 1 fully saturated rings. The molecule has 0 spiro atoms. The molecule has 1 aliphatic rings. The summed E-state index contributed by atoms with van der Waals surface area (Å²) in [6, 6.07) is 1.85. The molecular weight excluding hydrogens is 353 g/mol. The van der Waals surface area contributed by atoms with E-state index in [9.17, 15) is 14.0 Å². The number of hydrogen-bond donors (Lipinski definition) is 0. The number of fused-ring (bicyclic) bond motifs is 1. The zero-order valence-corrected chi connectivity index (χ0v) is 13.9. The van der Waals surface area contributed by atoms with Crippen molar-refractivity contribution in [2.24, 2.45) is 0 Å². The molecule has 1 aliphatic carbocycles. The summed E-state index contributed by atoms with van der Waals surface area (Å²) in [7, 11) is 0. The minimum Gasteiger partial charge on any atom is -0.462 e. The largest absolute Gasteiger partial charge is 0.462 e. The highest BCUT2D eigenvalue weighted by Gasteiger charge is 2.28. The standard InChI is InChI=1S/C16H15BrFNO3/c1-3-22-16(21)10-7-19(9-4-5-9)12-6-11(17)14(18)8(2)13(12)15(10)20/h6-7,9H,3-5H2,1-2H3. The van der Waals surface area contributed by atoms with Crippen LogP contribution in [-0.2, 0) is 4.74 Å². The fourth-order valence-electron chi connectivity index (χ4n) is 2.64. The van der Waals surface area contributed by atoms with Crippen LogP contribution in [0.4, 0.5) is 4.39 Å². The van der Waals surface area contributed by atoms with Crippen LogP contribution in [0, 0.1) is 12.7 Å². The number of hydrogen-bond acceptors (Lipinski definition) is 3. The summed E-state index contributed by atoms with van der Waals surface area (Å²) in [5.74, 6) is -1.14. The lowest BCUT2D eigenvalue weighted by atomic mass is 10.1. The van der Waals surface area contributed by atoms with Crippen LogP contribution >= 0.6 is 15.9 Å². The van der Waals surface area contributed by atoms with Crippen molar-refractivity contribution in [3.05, 3.63) is 43.9 Å². The first-order valence-corrected chi connectivity index (χ1v) is 7.95. The third kappa shape index (κ3) is 2.35. The molecule has 0 N–H and O–H groups in total. The smallest absolute Gasteiger partial charge is 0.343 e. The Hall–Kier alpha value is -1.69. The van der Waals surface area contributed by atoms with E-state index in [0.29, 0.717) is 9.99 Å². The van der Waals surface area contributed by atoms with Crippen LogP contribution in [0.15, 0.2) is 21.5 Å². The van der Waals surface area contributed by atoms with Gasteiger partial charge in [-0.15, -0.1) is 0 Å². The Morgan fingerprint density at radius 1 is 1.50 bits per heavy atom. The Kier molecular flexibility index (Phi) is 3.80. The average molecular weight is 368 g/mol. The number of carbonyl (C=O) groups is 1. The zero-order chi connectivity index (χ0) is 16.0. The van der Waals surface area contributed by atoms with Gasteiger partial charge in [-0.3, -0.25) is 4.79 Å². The van der Waals surface area contributed by atoms with Gasteiger partial charge in [0.2, 0.25) is 5.43 Å². The second kappa shape index (κ2) is 5.50. The number of carbonyl (C=O) groups excluding carboxylic acids is 1. The zero-order valence-electron chi connectivity index (χ0n) is 12.3. The lowest BCUT2D eigenvalue weighted by Gasteiger charge is -2.15. The summed E-state index contributed by atoms with van der Waals surface area (Å²) >= 11 is 3.19. The molecular formula is C16H15BrFNO3. The Balaban J connectivity index is 2.39. The molecule has 1 saturated carbocycles. The van der Waals surface area contributed by atoms with Crippen molar-refractivity contribution in [3.8, 4) is 0 Å². The minimum absolute atomic E-state index is 0.0360. The number of rotatable bonds is 3. The lowest BCUT2D eigenvalue weighted by Crippen LogP contribution is -2.21. The molecule has 1 aromatic heterocycles. The number of pyridine rings is 1. The van der Waals surface area contributed by atoms with Gasteiger partial charge in [0.25, 0.3) is 0 Å². The number of esters is 1. The van der Waals surface area contributed by atoms with Gasteiger partial charge in [-0.05, 0) is 54.2 Å². The molecule has 1 heterocycles. The molecule has 2 aromatic rings. The minimum atomic E-state index is -0.661. The maximum atomic E-state index is 14.2. The van der Waals surface area contributed by atoms with Gasteiger partial charge in [-0.1, -0.05) is 0 Å². The first-order chi connectivity index (χ1) is 10.5. The summed E-state index contributed by atoms with van der Waals surface area (Å²) in [5.41, 5.74) is 0.376. The molecule has 0 aliphatic heterocycles. The highest BCUT2D eigenvalue weighted by molar-refractivity contribution is 9.10. The van der Waals surface area contributed by atoms with Crippen molar-refractivity contribution >= 4 is 32.8 Å². The van der Waals surface area contributed by atoms with Crippen LogP contribution in [0.3, 0.4) is 0 Å². The van der Waals surface area contributed by atoms with Gasteiger partial charge < -0.3 is 9.30 Å². The molecule has 0 atom stereocenters. The maximum absolute atomic E-state index is 14.2. The predicted octanol–water partition coefficient (Wildman–Crippen LogP) is 3.72. The quantitative estimate of drug-likeness (QED) is 0.776. The van der Waals surface area contributed by atoms with Crippen molar-refractivity contribution < 1.29 is 13.9 Å². The van der Waals surface area contributed by atoms with E-state index >= 15 is 0 Å².